The van der Waals surface area contributed by atoms with Crippen molar-refractivity contribution in [3.63, 3.8) is 0 Å². The Bertz CT molecular complexity index is 971. The van der Waals surface area contributed by atoms with Crippen LogP contribution in [0.2, 0.25) is 0 Å². The molecule has 30 heavy (non-hydrogen) atoms. The van der Waals surface area contributed by atoms with Crippen LogP contribution in [-0.2, 0) is 0 Å². The molecule has 0 spiro atoms. The quantitative estimate of drug-likeness (QED) is 0.560. The zero-order valence-corrected chi connectivity index (χ0v) is 17.6. The number of piperazine rings is 1. The van der Waals surface area contributed by atoms with Crippen LogP contribution < -0.4 is 4.90 Å². The van der Waals surface area contributed by atoms with E-state index in [1.165, 1.54) is 12.1 Å². The van der Waals surface area contributed by atoms with Crippen molar-refractivity contribution in [3.05, 3.63) is 66.0 Å². The molecule has 158 valence electrons. The molecule has 0 atom stereocenters. The predicted octanol–water partition coefficient (Wildman–Crippen LogP) is 2.93. The van der Waals surface area contributed by atoms with Gasteiger partial charge in [-0.05, 0) is 37.3 Å². The summed E-state index contributed by atoms with van der Waals surface area (Å²) in [6, 6.07) is 8.34. The summed E-state index contributed by atoms with van der Waals surface area (Å²) in [6.45, 7) is 6.05. The molecule has 9 heteroatoms. The van der Waals surface area contributed by atoms with Crippen molar-refractivity contribution < 1.29 is 9.18 Å². The normalized spacial score (nSPS) is 14.4. The summed E-state index contributed by atoms with van der Waals surface area (Å²) in [4.78, 5) is 25.6. The van der Waals surface area contributed by atoms with Gasteiger partial charge in [0.05, 0.1) is 17.5 Å². The molecule has 0 amide bonds. The van der Waals surface area contributed by atoms with E-state index in [4.69, 9.17) is 0 Å². The van der Waals surface area contributed by atoms with Crippen LogP contribution >= 0.6 is 12.4 Å². The second-order valence-electron chi connectivity index (χ2n) is 7.08. The SMILES string of the molecule is Cc1c(C(=O)CCN2CCN(c3ccc(F)cc3)CC2)cnn1-c1ncccn1.Cl. The summed E-state index contributed by atoms with van der Waals surface area (Å²) in [6.07, 6.45) is 5.34. The Morgan fingerprint density at radius 1 is 1.07 bits per heavy atom. The number of Topliss-reactive ketones (excluding diaryl/α,β-unsaturated/α-hetero) is 1. The Kier molecular flexibility index (Phi) is 7.12. The van der Waals surface area contributed by atoms with Crippen molar-refractivity contribution in [1.29, 1.82) is 0 Å². The third-order valence-corrected chi connectivity index (χ3v) is 5.27. The van der Waals surface area contributed by atoms with E-state index in [0.29, 0.717) is 24.5 Å². The first-order chi connectivity index (χ1) is 14.1. The number of benzene rings is 1. The van der Waals surface area contributed by atoms with Gasteiger partial charge in [-0.3, -0.25) is 9.69 Å². The largest absolute Gasteiger partial charge is 0.369 e. The Hall–Kier alpha value is -2.84. The molecule has 3 heterocycles. The summed E-state index contributed by atoms with van der Waals surface area (Å²) in [7, 11) is 0. The van der Waals surface area contributed by atoms with Gasteiger partial charge in [0.15, 0.2) is 5.78 Å². The molecular weight excluding hydrogens is 407 g/mol. The van der Waals surface area contributed by atoms with Gasteiger partial charge in [-0.25, -0.2) is 19.0 Å². The summed E-state index contributed by atoms with van der Waals surface area (Å²) in [5, 5.41) is 4.28. The number of carbonyl (C=O) groups is 1. The van der Waals surface area contributed by atoms with Gasteiger partial charge in [0.1, 0.15) is 5.82 Å². The van der Waals surface area contributed by atoms with E-state index in [1.54, 1.807) is 29.3 Å². The third-order valence-electron chi connectivity index (χ3n) is 5.27. The highest BCUT2D eigenvalue weighted by Crippen LogP contribution is 2.18. The van der Waals surface area contributed by atoms with Crippen molar-refractivity contribution in [2.24, 2.45) is 0 Å². The van der Waals surface area contributed by atoms with Gasteiger partial charge in [0.2, 0.25) is 0 Å². The van der Waals surface area contributed by atoms with E-state index in [2.05, 4.69) is 24.9 Å². The summed E-state index contributed by atoms with van der Waals surface area (Å²) >= 11 is 0. The molecule has 1 saturated heterocycles. The number of ketones is 1. The molecular formula is C21H24ClFN6O. The minimum absolute atomic E-state index is 0. The van der Waals surface area contributed by atoms with Crippen LogP contribution in [0.25, 0.3) is 5.95 Å². The van der Waals surface area contributed by atoms with Crippen LogP contribution in [0, 0.1) is 12.7 Å². The lowest BCUT2D eigenvalue weighted by Crippen LogP contribution is -2.46. The number of hydrogen-bond donors (Lipinski definition) is 0. The molecule has 7 nitrogen and oxygen atoms in total. The fourth-order valence-corrected chi connectivity index (χ4v) is 3.56. The minimum Gasteiger partial charge on any atom is -0.369 e. The lowest BCUT2D eigenvalue weighted by molar-refractivity contribution is 0.0962. The number of halogens is 2. The number of anilines is 1. The average molecular weight is 431 g/mol. The van der Waals surface area contributed by atoms with Crippen molar-refractivity contribution in [3.8, 4) is 5.95 Å². The molecule has 3 aromatic rings. The van der Waals surface area contributed by atoms with Crippen molar-refractivity contribution in [2.75, 3.05) is 37.6 Å². The monoisotopic (exact) mass is 430 g/mol. The number of hydrogen-bond acceptors (Lipinski definition) is 6. The lowest BCUT2D eigenvalue weighted by Gasteiger charge is -2.36. The molecule has 2 aromatic heterocycles. The van der Waals surface area contributed by atoms with Gasteiger partial charge in [0.25, 0.3) is 5.95 Å². The summed E-state index contributed by atoms with van der Waals surface area (Å²) < 4.78 is 14.7. The average Bonchev–Trinajstić information content (AvgIpc) is 3.15. The second-order valence-corrected chi connectivity index (χ2v) is 7.08. The van der Waals surface area contributed by atoms with Gasteiger partial charge in [-0.1, -0.05) is 0 Å². The summed E-state index contributed by atoms with van der Waals surface area (Å²) in [5.41, 5.74) is 2.40. The molecule has 0 bridgehead atoms. The highest BCUT2D eigenvalue weighted by molar-refractivity contribution is 5.97. The fourth-order valence-electron chi connectivity index (χ4n) is 3.56. The van der Waals surface area contributed by atoms with Crippen LogP contribution in [0.1, 0.15) is 22.5 Å². The highest BCUT2D eigenvalue weighted by Gasteiger charge is 2.20. The maximum atomic E-state index is 13.1. The van der Waals surface area contributed by atoms with Gasteiger partial charge >= 0.3 is 0 Å². The molecule has 0 N–H and O–H groups in total. The predicted molar refractivity (Wildman–Crippen MR) is 115 cm³/mol. The van der Waals surface area contributed by atoms with E-state index < -0.39 is 0 Å². The van der Waals surface area contributed by atoms with Crippen LogP contribution in [0.5, 0.6) is 0 Å². The Morgan fingerprint density at radius 3 is 2.40 bits per heavy atom. The molecule has 1 aliphatic heterocycles. The molecule has 1 aliphatic rings. The smallest absolute Gasteiger partial charge is 0.250 e. The third kappa shape index (κ3) is 4.83. The first-order valence-corrected chi connectivity index (χ1v) is 9.70. The maximum absolute atomic E-state index is 13.1. The zero-order valence-electron chi connectivity index (χ0n) is 16.7. The highest BCUT2D eigenvalue weighted by atomic mass is 35.5. The van der Waals surface area contributed by atoms with Crippen LogP contribution in [0.3, 0.4) is 0 Å². The second kappa shape index (κ2) is 9.77. The molecule has 1 aromatic carbocycles. The minimum atomic E-state index is -0.219. The Morgan fingerprint density at radius 2 is 1.73 bits per heavy atom. The molecule has 4 rings (SSSR count). The number of aromatic nitrogens is 4. The fraction of sp³-hybridized carbons (Fsp3) is 0.333. The number of carbonyl (C=O) groups excluding carboxylic acids is 1. The van der Waals surface area contributed by atoms with Gasteiger partial charge in [0, 0.05) is 57.2 Å². The molecule has 0 radical (unpaired) electrons. The van der Waals surface area contributed by atoms with E-state index in [0.717, 1.165) is 37.6 Å². The number of nitrogens with zero attached hydrogens (tertiary/aromatic N) is 6. The first-order valence-electron chi connectivity index (χ1n) is 9.70. The van der Waals surface area contributed by atoms with Crippen molar-refractivity contribution >= 4 is 23.9 Å². The van der Waals surface area contributed by atoms with Crippen LogP contribution in [0.15, 0.2) is 48.9 Å². The Labute approximate surface area is 181 Å². The van der Waals surface area contributed by atoms with Gasteiger partial charge in [-0.2, -0.15) is 5.10 Å². The van der Waals surface area contributed by atoms with Crippen molar-refractivity contribution in [1.82, 2.24) is 24.6 Å². The molecule has 1 fully saturated rings. The van der Waals surface area contributed by atoms with Crippen LogP contribution in [0.4, 0.5) is 10.1 Å². The zero-order chi connectivity index (χ0) is 20.2. The van der Waals surface area contributed by atoms with E-state index in [-0.39, 0.29) is 24.0 Å². The van der Waals surface area contributed by atoms with Crippen LogP contribution in [-0.4, -0.2) is 63.2 Å². The van der Waals surface area contributed by atoms with Gasteiger partial charge in [-0.15, -0.1) is 12.4 Å². The standard InChI is InChI=1S/C21H23FN6O.ClH/c1-16-19(15-25-28(16)21-23-8-2-9-24-21)20(29)7-10-26-11-13-27(14-12-26)18-5-3-17(22)4-6-18;/h2-6,8-9,15H,7,10-14H2,1H3;1H. The molecule has 0 aliphatic carbocycles. The molecule has 0 saturated carbocycles. The number of rotatable bonds is 6. The summed E-state index contributed by atoms with van der Waals surface area (Å²) in [5.74, 6) is 0.315. The lowest BCUT2D eigenvalue weighted by atomic mass is 10.1. The van der Waals surface area contributed by atoms with E-state index >= 15 is 0 Å². The topological polar surface area (TPSA) is 67.2 Å². The maximum Gasteiger partial charge on any atom is 0.250 e. The van der Waals surface area contributed by atoms with E-state index in [1.807, 2.05) is 19.1 Å². The molecule has 0 unspecified atom stereocenters. The van der Waals surface area contributed by atoms with Crippen molar-refractivity contribution in [2.45, 2.75) is 13.3 Å². The van der Waals surface area contributed by atoms with E-state index in [9.17, 15) is 9.18 Å². The first kappa shape index (κ1) is 21.9. The van der Waals surface area contributed by atoms with Gasteiger partial charge < -0.3 is 4.90 Å². The Balaban J connectivity index is 0.00000256.